The van der Waals surface area contributed by atoms with Crippen molar-refractivity contribution in [3.63, 3.8) is 0 Å². The van der Waals surface area contributed by atoms with Crippen LogP contribution in [0.5, 0.6) is 0 Å². The van der Waals surface area contributed by atoms with Gasteiger partial charge in [0, 0.05) is 6.21 Å². The lowest BCUT2D eigenvalue weighted by Gasteiger charge is -1.96. The Morgan fingerprint density at radius 2 is 2.10 bits per heavy atom. The molecule has 0 aliphatic rings. The van der Waals surface area contributed by atoms with Gasteiger partial charge in [0.05, 0.1) is 0 Å². The standard InChI is InChI=1S/C4H9N5.ClH/c1-2-8-4(7)9-3(5)6;/h2H,1H3,(H5,5,6,7,9);1H. The van der Waals surface area contributed by atoms with Crippen LogP contribution in [-0.2, 0) is 0 Å². The fourth-order valence-electron chi connectivity index (χ4n) is 0.289. The molecule has 0 amide bonds. The van der Waals surface area contributed by atoms with Crippen molar-refractivity contribution in [2.24, 2.45) is 10.7 Å². The molecule has 0 rings (SSSR count). The number of nitrogens with two attached hydrogens (primary N) is 1. The van der Waals surface area contributed by atoms with Crippen LogP contribution in [-0.4, -0.2) is 18.1 Å². The lowest BCUT2D eigenvalue weighted by atomic mass is 10.8. The van der Waals surface area contributed by atoms with E-state index in [1.54, 1.807) is 6.92 Å². The third kappa shape index (κ3) is 6.90. The van der Waals surface area contributed by atoms with Gasteiger partial charge in [0.1, 0.15) is 0 Å². The Balaban J connectivity index is 0. The predicted molar refractivity (Wildman–Crippen MR) is 44.2 cm³/mol. The Morgan fingerprint density at radius 3 is 2.40 bits per heavy atom. The molecule has 0 aromatic rings. The van der Waals surface area contributed by atoms with Gasteiger partial charge in [-0.25, -0.2) is 4.99 Å². The number of halogens is 1. The Hall–Kier alpha value is -1.10. The van der Waals surface area contributed by atoms with E-state index in [0.29, 0.717) is 0 Å². The maximum absolute atomic E-state index is 6.89. The van der Waals surface area contributed by atoms with E-state index in [9.17, 15) is 0 Å². The van der Waals surface area contributed by atoms with Gasteiger partial charge in [0.15, 0.2) is 5.96 Å². The minimum absolute atomic E-state index is 0. The molecular weight excluding hydrogens is 154 g/mol. The van der Waals surface area contributed by atoms with Crippen LogP contribution in [0.4, 0.5) is 0 Å². The van der Waals surface area contributed by atoms with Gasteiger partial charge in [-0.05, 0) is 6.92 Å². The Labute approximate surface area is 65.1 Å². The molecule has 0 fully saturated rings. The first-order chi connectivity index (χ1) is 4.16. The van der Waals surface area contributed by atoms with Crippen LogP contribution in [0.15, 0.2) is 4.99 Å². The van der Waals surface area contributed by atoms with Crippen molar-refractivity contribution < 1.29 is 0 Å². The van der Waals surface area contributed by atoms with Gasteiger partial charge in [0.2, 0.25) is 5.96 Å². The quantitative estimate of drug-likeness (QED) is 0.297. The van der Waals surface area contributed by atoms with Crippen LogP contribution in [0.2, 0.25) is 0 Å². The molecule has 0 bridgehead atoms. The van der Waals surface area contributed by atoms with Crippen LogP contribution in [0.1, 0.15) is 6.92 Å². The summed E-state index contributed by atoms with van der Waals surface area (Å²) in [6.07, 6.45) is 1.44. The largest absolute Gasteiger partial charge is 0.370 e. The average Bonchev–Trinajstić information content (AvgIpc) is 1.63. The summed E-state index contributed by atoms with van der Waals surface area (Å²) in [4.78, 5) is 3.49. The Kier molecular flexibility index (Phi) is 7.03. The van der Waals surface area contributed by atoms with Crippen LogP contribution in [0.3, 0.4) is 0 Å². The molecule has 0 aromatic carbocycles. The van der Waals surface area contributed by atoms with E-state index < -0.39 is 0 Å². The number of nitrogens with zero attached hydrogens (tertiary/aromatic N) is 1. The van der Waals surface area contributed by atoms with Gasteiger partial charge in [-0.1, -0.05) is 0 Å². The van der Waals surface area contributed by atoms with Gasteiger partial charge < -0.3 is 5.73 Å². The topological polar surface area (TPSA) is 98.1 Å². The summed E-state index contributed by atoms with van der Waals surface area (Å²) in [6.45, 7) is 1.68. The zero-order valence-corrected chi connectivity index (χ0v) is 6.33. The van der Waals surface area contributed by atoms with Gasteiger partial charge in [-0.2, -0.15) is 0 Å². The van der Waals surface area contributed by atoms with E-state index in [4.69, 9.17) is 16.6 Å². The number of hydrogen-bond donors (Lipinski definition) is 4. The third-order valence-corrected chi connectivity index (χ3v) is 0.511. The Morgan fingerprint density at radius 1 is 1.60 bits per heavy atom. The van der Waals surface area contributed by atoms with Crippen molar-refractivity contribution in [2.75, 3.05) is 0 Å². The minimum atomic E-state index is -0.273. The fraction of sp³-hybridized carbons (Fsp3) is 0.250. The van der Waals surface area contributed by atoms with Crippen LogP contribution in [0.25, 0.3) is 0 Å². The number of hydrogen-bond acceptors (Lipinski definition) is 2. The molecule has 5 N–H and O–H groups in total. The first kappa shape index (κ1) is 11.7. The van der Waals surface area contributed by atoms with E-state index in [1.807, 2.05) is 0 Å². The highest BCUT2D eigenvalue weighted by Crippen LogP contribution is 1.65. The molecule has 0 heterocycles. The highest BCUT2D eigenvalue weighted by Gasteiger charge is 1.88. The van der Waals surface area contributed by atoms with E-state index in [-0.39, 0.29) is 24.3 Å². The molecule has 5 nitrogen and oxygen atoms in total. The van der Waals surface area contributed by atoms with E-state index in [2.05, 4.69) is 10.3 Å². The molecule has 0 atom stereocenters. The van der Waals surface area contributed by atoms with Gasteiger partial charge in [-0.3, -0.25) is 16.1 Å². The third-order valence-electron chi connectivity index (χ3n) is 0.511. The van der Waals surface area contributed by atoms with Gasteiger partial charge in [0.25, 0.3) is 0 Å². The minimum Gasteiger partial charge on any atom is -0.370 e. The van der Waals surface area contributed by atoms with Crippen LogP contribution in [0, 0.1) is 10.8 Å². The van der Waals surface area contributed by atoms with Crippen LogP contribution < -0.4 is 11.1 Å². The number of guanidine groups is 2. The lowest BCUT2D eigenvalue weighted by molar-refractivity contribution is 1.19. The smallest absolute Gasteiger partial charge is 0.221 e. The maximum atomic E-state index is 6.89. The summed E-state index contributed by atoms with van der Waals surface area (Å²) in [7, 11) is 0. The average molecular weight is 164 g/mol. The van der Waals surface area contributed by atoms with Crippen molar-refractivity contribution in [1.29, 1.82) is 10.8 Å². The summed E-state index contributed by atoms with van der Waals surface area (Å²) in [5.74, 6) is -0.393. The summed E-state index contributed by atoms with van der Waals surface area (Å²) in [5.41, 5.74) is 4.88. The van der Waals surface area contributed by atoms with Crippen molar-refractivity contribution in [1.82, 2.24) is 5.32 Å². The molecule has 0 aromatic heterocycles. The highest BCUT2D eigenvalue weighted by atomic mass is 35.5. The molecule has 0 saturated carbocycles. The number of aliphatic imine (C=N–C) groups is 1. The number of rotatable bonds is 0. The molecule has 0 saturated heterocycles. The fourth-order valence-corrected chi connectivity index (χ4v) is 0.289. The highest BCUT2D eigenvalue weighted by molar-refractivity contribution is 5.97. The summed E-state index contributed by atoms with van der Waals surface area (Å²) >= 11 is 0. The number of nitrogens with one attached hydrogen (secondary N) is 3. The molecule has 10 heavy (non-hydrogen) atoms. The first-order valence-corrected chi connectivity index (χ1v) is 2.35. The molecule has 0 aliphatic carbocycles. The van der Waals surface area contributed by atoms with Crippen LogP contribution >= 0.6 is 12.4 Å². The van der Waals surface area contributed by atoms with E-state index in [1.165, 1.54) is 6.21 Å². The van der Waals surface area contributed by atoms with E-state index >= 15 is 0 Å². The van der Waals surface area contributed by atoms with E-state index in [0.717, 1.165) is 0 Å². The summed E-state index contributed by atoms with van der Waals surface area (Å²) in [5, 5.41) is 15.7. The van der Waals surface area contributed by atoms with Crippen molar-refractivity contribution in [3.05, 3.63) is 0 Å². The molecule has 0 unspecified atom stereocenters. The van der Waals surface area contributed by atoms with Gasteiger partial charge in [-0.15, -0.1) is 12.4 Å². The molecular formula is C4H10ClN5. The molecule has 0 aliphatic heterocycles. The Bertz CT molecular complexity index is 152. The molecule has 58 valence electrons. The summed E-state index contributed by atoms with van der Waals surface area (Å²) in [6, 6.07) is 0. The second kappa shape index (κ2) is 6.03. The molecule has 0 spiro atoms. The van der Waals surface area contributed by atoms with Gasteiger partial charge >= 0.3 is 0 Å². The zero-order chi connectivity index (χ0) is 7.28. The second-order valence-corrected chi connectivity index (χ2v) is 1.27. The summed E-state index contributed by atoms with van der Waals surface area (Å²) < 4.78 is 0. The first-order valence-electron chi connectivity index (χ1n) is 2.35. The molecule has 0 radical (unpaired) electrons. The lowest BCUT2D eigenvalue weighted by Crippen LogP contribution is -2.34. The maximum Gasteiger partial charge on any atom is 0.221 e. The predicted octanol–water partition coefficient (Wildman–Crippen LogP) is -0.0833. The van der Waals surface area contributed by atoms with Crippen molar-refractivity contribution >= 4 is 30.5 Å². The van der Waals surface area contributed by atoms with Crippen molar-refractivity contribution in [3.8, 4) is 0 Å². The monoisotopic (exact) mass is 163 g/mol. The van der Waals surface area contributed by atoms with Crippen molar-refractivity contribution in [2.45, 2.75) is 6.92 Å². The normalized spacial score (nSPS) is 8.50. The SMILES string of the molecule is CC=NC(=N)NC(=N)N.Cl. The second-order valence-electron chi connectivity index (χ2n) is 1.27. The molecule has 6 heteroatoms. The zero-order valence-electron chi connectivity index (χ0n) is 5.51.